The summed E-state index contributed by atoms with van der Waals surface area (Å²) in [6.07, 6.45) is 0.374. The highest BCUT2D eigenvalue weighted by atomic mass is 35.5. The number of amides is 3. The number of aryl methyl sites for hydroxylation is 1. The summed E-state index contributed by atoms with van der Waals surface area (Å²) in [5.41, 5.74) is 1.39. The summed E-state index contributed by atoms with van der Waals surface area (Å²) in [4.78, 5) is 25.1. The van der Waals surface area contributed by atoms with Crippen LogP contribution in [0, 0.1) is 0 Å². The monoisotopic (exact) mass is 451 g/mol. The topological polar surface area (TPSA) is 90.9 Å². The van der Waals surface area contributed by atoms with Gasteiger partial charge in [0.2, 0.25) is 0 Å². The lowest BCUT2D eigenvalue weighted by Crippen LogP contribution is -2.47. The molecule has 1 saturated heterocycles. The van der Waals surface area contributed by atoms with E-state index in [0.717, 1.165) is 5.56 Å². The van der Waals surface area contributed by atoms with Crippen molar-refractivity contribution >= 4 is 46.7 Å². The van der Waals surface area contributed by atoms with E-state index in [1.54, 1.807) is 44.2 Å². The molecule has 0 aliphatic carbocycles. The maximum atomic E-state index is 12.2. The molecule has 9 heteroatoms. The number of hydrogen-bond acceptors (Lipinski definition) is 3. The number of urea groups is 1. The number of carboxylic acid groups (broad SMARTS) is 1. The highest BCUT2D eigenvalue weighted by Crippen LogP contribution is 2.30. The van der Waals surface area contributed by atoms with E-state index in [1.165, 1.54) is 4.90 Å². The minimum Gasteiger partial charge on any atom is -0.465 e. The lowest BCUT2D eigenvalue weighted by atomic mass is 10.0. The second-order valence-electron chi connectivity index (χ2n) is 7.51. The molecule has 3 N–H and O–H groups in total. The first-order chi connectivity index (χ1) is 14.2. The Kier molecular flexibility index (Phi) is 6.75. The predicted octanol–water partition coefficient (Wildman–Crippen LogP) is 5.68. The van der Waals surface area contributed by atoms with Gasteiger partial charge in [0.15, 0.2) is 0 Å². The molecular weight excluding hydrogens is 429 g/mol. The average Bonchev–Trinajstić information content (AvgIpc) is 2.98. The quantitative estimate of drug-likeness (QED) is 0.544. The van der Waals surface area contributed by atoms with Crippen molar-refractivity contribution in [3.05, 3.63) is 58.1 Å². The largest absolute Gasteiger partial charge is 0.465 e. The molecule has 0 aromatic heterocycles. The Morgan fingerprint density at radius 3 is 2.37 bits per heavy atom. The molecule has 160 valence electrons. The zero-order valence-electron chi connectivity index (χ0n) is 16.6. The number of anilines is 2. The van der Waals surface area contributed by atoms with E-state index in [-0.39, 0.29) is 6.04 Å². The second-order valence-corrected chi connectivity index (χ2v) is 8.32. The predicted molar refractivity (Wildman–Crippen MR) is 118 cm³/mol. The number of hydrogen-bond donors (Lipinski definition) is 3. The number of carbonyl (C=O) groups is 2. The molecule has 0 saturated carbocycles. The van der Waals surface area contributed by atoms with Gasteiger partial charge < -0.3 is 20.5 Å². The highest BCUT2D eigenvalue weighted by molar-refractivity contribution is 6.42. The van der Waals surface area contributed by atoms with Crippen LogP contribution in [-0.2, 0) is 11.2 Å². The summed E-state index contributed by atoms with van der Waals surface area (Å²) in [6, 6.07) is 11.7. The van der Waals surface area contributed by atoms with Gasteiger partial charge in [-0.25, -0.2) is 9.59 Å². The van der Waals surface area contributed by atoms with Gasteiger partial charge in [0, 0.05) is 11.4 Å². The minimum absolute atomic E-state index is 0.188. The van der Waals surface area contributed by atoms with Crippen molar-refractivity contribution in [1.29, 1.82) is 0 Å². The molecule has 1 atom stereocenters. The van der Waals surface area contributed by atoms with Gasteiger partial charge in [0.25, 0.3) is 0 Å². The number of ether oxygens (including phenoxy) is 1. The molecule has 3 amide bonds. The number of rotatable bonds is 5. The van der Waals surface area contributed by atoms with Crippen LogP contribution >= 0.6 is 23.2 Å². The van der Waals surface area contributed by atoms with E-state index in [4.69, 9.17) is 27.9 Å². The van der Waals surface area contributed by atoms with E-state index < -0.39 is 17.8 Å². The maximum absolute atomic E-state index is 12.2. The third-order valence-electron chi connectivity index (χ3n) is 4.94. The molecule has 0 bridgehead atoms. The first kappa shape index (κ1) is 22.2. The maximum Gasteiger partial charge on any atom is 0.409 e. The van der Waals surface area contributed by atoms with Crippen molar-refractivity contribution in [2.75, 3.05) is 17.2 Å². The number of carbonyl (C=O) groups excluding carboxylic acids is 1. The Morgan fingerprint density at radius 1 is 1.10 bits per heavy atom. The summed E-state index contributed by atoms with van der Waals surface area (Å²) in [6.45, 7) is 3.89. The summed E-state index contributed by atoms with van der Waals surface area (Å²) >= 11 is 11.8. The molecule has 1 aliphatic heterocycles. The van der Waals surface area contributed by atoms with E-state index in [9.17, 15) is 14.7 Å². The van der Waals surface area contributed by atoms with Crippen molar-refractivity contribution < 1.29 is 19.4 Å². The van der Waals surface area contributed by atoms with Crippen molar-refractivity contribution in [2.45, 2.75) is 38.5 Å². The van der Waals surface area contributed by atoms with Crippen molar-refractivity contribution in [3.8, 4) is 0 Å². The van der Waals surface area contributed by atoms with Gasteiger partial charge in [-0.2, -0.15) is 0 Å². The molecule has 1 aliphatic rings. The van der Waals surface area contributed by atoms with E-state index in [2.05, 4.69) is 10.6 Å². The Balaban J connectivity index is 1.53. The van der Waals surface area contributed by atoms with Crippen LogP contribution in [0.3, 0.4) is 0 Å². The normalized spacial score (nSPS) is 17.6. The summed E-state index contributed by atoms with van der Waals surface area (Å²) in [7, 11) is 0. The van der Waals surface area contributed by atoms with Crippen molar-refractivity contribution in [1.82, 2.24) is 4.90 Å². The first-order valence-corrected chi connectivity index (χ1v) is 10.2. The van der Waals surface area contributed by atoms with Gasteiger partial charge >= 0.3 is 12.1 Å². The molecule has 2 aromatic rings. The van der Waals surface area contributed by atoms with Crippen LogP contribution in [0.25, 0.3) is 0 Å². The molecule has 7 nitrogen and oxygen atoms in total. The van der Waals surface area contributed by atoms with Crippen LogP contribution in [0.15, 0.2) is 42.5 Å². The fourth-order valence-corrected chi connectivity index (χ4v) is 3.74. The van der Waals surface area contributed by atoms with Crippen LogP contribution in [0.4, 0.5) is 21.0 Å². The number of nitrogens with one attached hydrogen (secondary N) is 2. The van der Waals surface area contributed by atoms with Crippen LogP contribution in [0.5, 0.6) is 0 Å². The van der Waals surface area contributed by atoms with Crippen molar-refractivity contribution in [2.24, 2.45) is 0 Å². The molecule has 3 rings (SSSR count). The van der Waals surface area contributed by atoms with Gasteiger partial charge in [-0.05, 0) is 62.6 Å². The van der Waals surface area contributed by atoms with Gasteiger partial charge in [-0.1, -0.05) is 35.3 Å². The number of nitrogens with zero attached hydrogens (tertiary/aromatic N) is 1. The minimum atomic E-state index is -0.977. The fraction of sp³-hybridized carbons (Fsp3) is 0.333. The smallest absolute Gasteiger partial charge is 0.409 e. The second kappa shape index (κ2) is 9.12. The van der Waals surface area contributed by atoms with Gasteiger partial charge in [-0.15, -0.1) is 0 Å². The van der Waals surface area contributed by atoms with Gasteiger partial charge in [0.05, 0.1) is 22.7 Å². The van der Waals surface area contributed by atoms with E-state index in [0.29, 0.717) is 40.9 Å². The highest BCUT2D eigenvalue weighted by Gasteiger charge is 2.43. The van der Waals surface area contributed by atoms with Crippen LogP contribution < -0.4 is 10.6 Å². The van der Waals surface area contributed by atoms with Crippen molar-refractivity contribution in [3.63, 3.8) is 0 Å². The molecule has 0 unspecified atom stereocenters. The summed E-state index contributed by atoms with van der Waals surface area (Å²) < 4.78 is 5.62. The van der Waals surface area contributed by atoms with Gasteiger partial charge in [-0.3, -0.25) is 4.90 Å². The van der Waals surface area contributed by atoms with Crippen LogP contribution in [-0.4, -0.2) is 40.5 Å². The first-order valence-electron chi connectivity index (χ1n) is 9.44. The van der Waals surface area contributed by atoms with E-state index in [1.807, 2.05) is 12.1 Å². The molecule has 1 heterocycles. The third-order valence-corrected chi connectivity index (χ3v) is 5.67. The molecule has 1 fully saturated rings. The molecular formula is C21H23Cl2N3O4. The SMILES string of the molecule is CC1(C)OC[C@H](CCc2ccc(NC(=O)Nc3ccc(Cl)c(Cl)c3)cc2)N1C(=O)O. The molecule has 2 aromatic carbocycles. The zero-order valence-corrected chi connectivity index (χ0v) is 18.1. The Labute approximate surface area is 184 Å². The lowest BCUT2D eigenvalue weighted by Gasteiger charge is -2.30. The fourth-order valence-electron chi connectivity index (χ4n) is 3.44. The van der Waals surface area contributed by atoms with Crippen LogP contribution in [0.1, 0.15) is 25.8 Å². The number of benzene rings is 2. The standard InChI is InChI=1S/C21H23Cl2N3O4/c1-21(2)26(20(28)29)16(12-30-21)9-5-13-3-6-14(7-4-13)24-19(27)25-15-8-10-17(22)18(23)11-15/h3-4,6-8,10-11,16H,5,9,12H2,1-2H3,(H,28,29)(H2,24,25,27)/t16-/m0/s1. The Hall–Kier alpha value is -2.48. The average molecular weight is 452 g/mol. The summed E-state index contributed by atoms with van der Waals surface area (Å²) in [5, 5.41) is 15.7. The molecule has 30 heavy (non-hydrogen) atoms. The number of halogens is 2. The Bertz CT molecular complexity index is 934. The molecule has 0 spiro atoms. The molecule has 0 radical (unpaired) electrons. The lowest BCUT2D eigenvalue weighted by molar-refractivity contribution is -0.0421. The van der Waals surface area contributed by atoms with E-state index >= 15 is 0 Å². The van der Waals surface area contributed by atoms with Gasteiger partial charge in [0.1, 0.15) is 5.72 Å². The third kappa shape index (κ3) is 5.36. The summed E-state index contributed by atoms with van der Waals surface area (Å²) in [5.74, 6) is 0. The van der Waals surface area contributed by atoms with Crippen LogP contribution in [0.2, 0.25) is 10.0 Å². The zero-order chi connectivity index (χ0) is 21.9. The Morgan fingerprint density at radius 2 is 1.73 bits per heavy atom.